The fourth-order valence-electron chi connectivity index (χ4n) is 1.09. The summed E-state index contributed by atoms with van der Waals surface area (Å²) in [4.78, 5) is 9.19. The number of nitrogens with one attached hydrogen (secondary N) is 1. The third-order valence-electron chi connectivity index (χ3n) is 1.89. The van der Waals surface area contributed by atoms with Gasteiger partial charge in [-0.15, -0.1) is 5.10 Å². The minimum absolute atomic E-state index is 0.712. The summed E-state index contributed by atoms with van der Waals surface area (Å²) in [7, 11) is 0. The first kappa shape index (κ1) is 9.51. The monoisotopic (exact) mass is 212 g/mol. The third-order valence-corrected chi connectivity index (χ3v) is 2.81. The Balaban J connectivity index is 1.85. The van der Waals surface area contributed by atoms with E-state index in [2.05, 4.69) is 20.3 Å². The fourth-order valence-corrected chi connectivity index (χ4v) is 1.87. The smallest absolute Gasteiger partial charge is 0.208 e. The molecule has 0 saturated heterocycles. The number of oxime groups is 1. The summed E-state index contributed by atoms with van der Waals surface area (Å²) < 4.78 is 0. The Labute approximate surface area is 86.3 Å². The number of nitrogens with zero attached hydrogens (tertiary/aromatic N) is 3. The first-order valence-electron chi connectivity index (χ1n) is 4.60. The second-order valence-corrected chi connectivity index (χ2v) is 3.89. The highest BCUT2D eigenvalue weighted by Gasteiger charge is 2.10. The Morgan fingerprint density at radius 3 is 3.14 bits per heavy atom. The maximum absolute atomic E-state index is 4.90. The lowest BCUT2D eigenvalue weighted by molar-refractivity contribution is 0.173. The molecule has 2 heterocycles. The van der Waals surface area contributed by atoms with Gasteiger partial charge in [-0.3, -0.25) is 5.10 Å². The quantitative estimate of drug-likeness (QED) is 0.763. The van der Waals surface area contributed by atoms with Crippen molar-refractivity contribution in [2.45, 2.75) is 24.9 Å². The van der Waals surface area contributed by atoms with E-state index in [0.717, 1.165) is 35.3 Å². The summed E-state index contributed by atoms with van der Waals surface area (Å²) in [5.74, 6) is 1.75. The fraction of sp³-hybridized carbons (Fsp3) is 0.625. The van der Waals surface area contributed by atoms with E-state index in [-0.39, 0.29) is 0 Å². The average molecular weight is 212 g/mol. The number of H-pyrrole nitrogens is 1. The van der Waals surface area contributed by atoms with Crippen LogP contribution in [0.3, 0.4) is 0 Å². The molecule has 0 amide bonds. The lowest BCUT2D eigenvalue weighted by Gasteiger charge is -1.92. The van der Waals surface area contributed by atoms with E-state index >= 15 is 0 Å². The zero-order chi connectivity index (χ0) is 9.80. The summed E-state index contributed by atoms with van der Waals surface area (Å²) in [6, 6.07) is 0. The van der Waals surface area contributed by atoms with Gasteiger partial charge in [-0.2, -0.15) is 0 Å². The summed E-state index contributed by atoms with van der Waals surface area (Å²) in [6.07, 6.45) is 1.82. The van der Waals surface area contributed by atoms with Gasteiger partial charge in [-0.05, 0) is 0 Å². The van der Waals surface area contributed by atoms with E-state index in [1.807, 2.05) is 6.92 Å². The highest BCUT2D eigenvalue weighted by atomic mass is 32.2. The van der Waals surface area contributed by atoms with Crippen LogP contribution in [0.2, 0.25) is 0 Å². The second-order valence-electron chi connectivity index (χ2n) is 2.95. The van der Waals surface area contributed by atoms with Crippen LogP contribution in [-0.2, 0) is 11.3 Å². The molecule has 0 aromatic carbocycles. The molecule has 1 N–H and O–H groups in total. The largest absolute Gasteiger partial charge is 0.395 e. The van der Waals surface area contributed by atoms with Gasteiger partial charge >= 0.3 is 0 Å². The SMILES string of the molecule is CCc1nc(SCC2=NOCC2)n[nH]1. The van der Waals surface area contributed by atoms with E-state index in [0.29, 0.717) is 6.61 Å². The first-order chi connectivity index (χ1) is 6.88. The topological polar surface area (TPSA) is 63.2 Å². The predicted molar refractivity (Wildman–Crippen MR) is 54.5 cm³/mol. The van der Waals surface area contributed by atoms with Crippen LogP contribution >= 0.6 is 11.8 Å². The standard InChI is InChI=1S/C8H12N4OS/c1-2-7-9-8(11-10-7)14-5-6-3-4-13-12-6/h2-5H2,1H3,(H,9,10,11). The van der Waals surface area contributed by atoms with Gasteiger partial charge in [0.2, 0.25) is 5.16 Å². The van der Waals surface area contributed by atoms with Gasteiger partial charge in [-0.25, -0.2) is 4.98 Å². The van der Waals surface area contributed by atoms with Gasteiger partial charge in [0, 0.05) is 18.6 Å². The Hall–Kier alpha value is -1.04. The van der Waals surface area contributed by atoms with Crippen molar-refractivity contribution in [2.24, 2.45) is 5.16 Å². The lowest BCUT2D eigenvalue weighted by Crippen LogP contribution is -1.98. The van der Waals surface area contributed by atoms with Gasteiger partial charge in [0.25, 0.3) is 0 Å². The molecule has 0 spiro atoms. The van der Waals surface area contributed by atoms with Crippen LogP contribution < -0.4 is 0 Å². The van der Waals surface area contributed by atoms with E-state index < -0.39 is 0 Å². The Kier molecular flexibility index (Phi) is 3.03. The molecule has 1 aliphatic rings. The van der Waals surface area contributed by atoms with Crippen molar-refractivity contribution >= 4 is 17.5 Å². The van der Waals surface area contributed by atoms with Crippen LogP contribution in [-0.4, -0.2) is 33.3 Å². The van der Waals surface area contributed by atoms with Crippen LogP contribution in [0.4, 0.5) is 0 Å². The van der Waals surface area contributed by atoms with Crippen molar-refractivity contribution in [3.63, 3.8) is 0 Å². The maximum Gasteiger partial charge on any atom is 0.208 e. The third kappa shape index (κ3) is 2.25. The Morgan fingerprint density at radius 2 is 2.50 bits per heavy atom. The first-order valence-corrected chi connectivity index (χ1v) is 5.59. The summed E-state index contributed by atoms with van der Waals surface area (Å²) in [6.45, 7) is 2.76. The van der Waals surface area contributed by atoms with Crippen LogP contribution in [0.15, 0.2) is 10.3 Å². The van der Waals surface area contributed by atoms with Crippen molar-refractivity contribution in [2.75, 3.05) is 12.4 Å². The minimum atomic E-state index is 0.712. The van der Waals surface area contributed by atoms with Crippen molar-refractivity contribution in [1.29, 1.82) is 0 Å². The average Bonchev–Trinajstić information content (AvgIpc) is 2.86. The normalized spacial score (nSPS) is 15.4. The molecule has 0 radical (unpaired) electrons. The number of hydrogen-bond donors (Lipinski definition) is 1. The van der Waals surface area contributed by atoms with E-state index in [1.165, 1.54) is 0 Å². The van der Waals surface area contributed by atoms with Gasteiger partial charge in [0.1, 0.15) is 12.4 Å². The molecule has 14 heavy (non-hydrogen) atoms. The van der Waals surface area contributed by atoms with Gasteiger partial charge in [0.05, 0.1) is 5.71 Å². The van der Waals surface area contributed by atoms with E-state index in [1.54, 1.807) is 11.8 Å². The number of rotatable bonds is 4. The van der Waals surface area contributed by atoms with Gasteiger partial charge in [-0.1, -0.05) is 23.8 Å². The van der Waals surface area contributed by atoms with Gasteiger partial charge in [0.15, 0.2) is 0 Å². The highest BCUT2D eigenvalue weighted by molar-refractivity contribution is 7.99. The number of aromatic nitrogens is 3. The molecule has 0 aliphatic carbocycles. The van der Waals surface area contributed by atoms with Crippen molar-refractivity contribution < 1.29 is 4.84 Å². The molecule has 6 heteroatoms. The zero-order valence-electron chi connectivity index (χ0n) is 7.99. The molecule has 1 aromatic rings. The molecule has 0 fully saturated rings. The molecule has 0 saturated carbocycles. The lowest BCUT2D eigenvalue weighted by atomic mass is 10.3. The number of aryl methyl sites for hydroxylation is 1. The van der Waals surface area contributed by atoms with Crippen LogP contribution in [0.25, 0.3) is 0 Å². The summed E-state index contributed by atoms with van der Waals surface area (Å²) >= 11 is 1.59. The maximum atomic E-state index is 4.90. The highest BCUT2D eigenvalue weighted by Crippen LogP contribution is 2.15. The van der Waals surface area contributed by atoms with Crippen LogP contribution in [0, 0.1) is 0 Å². The molecular formula is C8H12N4OS. The number of thioether (sulfide) groups is 1. The molecule has 76 valence electrons. The molecule has 0 bridgehead atoms. The number of aromatic amines is 1. The van der Waals surface area contributed by atoms with Gasteiger partial charge < -0.3 is 4.84 Å². The molecule has 2 rings (SSSR count). The molecule has 1 aliphatic heterocycles. The van der Waals surface area contributed by atoms with Crippen molar-refractivity contribution in [3.8, 4) is 0 Å². The van der Waals surface area contributed by atoms with E-state index in [4.69, 9.17) is 4.84 Å². The predicted octanol–water partition coefficient (Wildman–Crippen LogP) is 1.24. The second kappa shape index (κ2) is 4.45. The molecular weight excluding hydrogens is 200 g/mol. The summed E-state index contributed by atoms with van der Waals surface area (Å²) in [5, 5.41) is 11.7. The Bertz CT molecular complexity index is 336. The molecule has 0 unspecified atom stereocenters. The van der Waals surface area contributed by atoms with Crippen LogP contribution in [0.1, 0.15) is 19.2 Å². The van der Waals surface area contributed by atoms with E-state index in [9.17, 15) is 0 Å². The van der Waals surface area contributed by atoms with Crippen molar-refractivity contribution in [1.82, 2.24) is 15.2 Å². The van der Waals surface area contributed by atoms with Crippen molar-refractivity contribution in [3.05, 3.63) is 5.82 Å². The number of hydrogen-bond acceptors (Lipinski definition) is 5. The zero-order valence-corrected chi connectivity index (χ0v) is 8.80. The molecule has 5 nitrogen and oxygen atoms in total. The minimum Gasteiger partial charge on any atom is -0.395 e. The molecule has 0 atom stereocenters. The van der Waals surface area contributed by atoms with Crippen LogP contribution in [0.5, 0.6) is 0 Å². The molecule has 1 aromatic heterocycles. The Morgan fingerprint density at radius 1 is 1.57 bits per heavy atom. The summed E-state index contributed by atoms with van der Waals surface area (Å²) in [5.41, 5.74) is 1.08.